The van der Waals surface area contributed by atoms with Crippen LogP contribution in [0.5, 0.6) is 5.75 Å². The summed E-state index contributed by atoms with van der Waals surface area (Å²) < 4.78 is 5.07. The molecule has 1 aromatic carbocycles. The van der Waals surface area contributed by atoms with Crippen LogP contribution in [0.3, 0.4) is 0 Å². The molecule has 0 saturated heterocycles. The van der Waals surface area contributed by atoms with Crippen LogP contribution in [0, 0.1) is 0 Å². The minimum atomic E-state index is 0. The molecule has 0 spiro atoms. The molecule has 0 aromatic heterocycles. The van der Waals surface area contributed by atoms with Crippen molar-refractivity contribution in [2.75, 3.05) is 19.5 Å². The quantitative estimate of drug-likeness (QED) is 0.806. The Morgan fingerprint density at radius 1 is 1.42 bits per heavy atom. The molecule has 2 nitrogen and oxygen atoms in total. The van der Waals surface area contributed by atoms with E-state index in [4.69, 9.17) is 16.3 Å². The van der Waals surface area contributed by atoms with Crippen LogP contribution in [0.4, 0.5) is 5.69 Å². The predicted octanol–water partition coefficient (Wildman–Crippen LogP) is 2.81. The third-order valence-electron chi connectivity index (χ3n) is 1.43. The fourth-order valence-corrected chi connectivity index (χ4v) is 1.05. The molecule has 0 aliphatic rings. The zero-order valence-electron chi connectivity index (χ0n) is 6.93. The molecular weight excluding hydrogens is 197 g/mol. The predicted molar refractivity (Wildman–Crippen MR) is 54.8 cm³/mol. The van der Waals surface area contributed by atoms with Gasteiger partial charge < -0.3 is 10.1 Å². The number of ether oxygens (including phenoxy) is 1. The van der Waals surface area contributed by atoms with Crippen LogP contribution in [0.25, 0.3) is 0 Å². The number of methoxy groups -OCH3 is 1. The third-order valence-corrected chi connectivity index (χ3v) is 1.67. The van der Waals surface area contributed by atoms with Crippen molar-refractivity contribution >= 4 is 29.7 Å². The van der Waals surface area contributed by atoms with E-state index in [0.717, 1.165) is 11.4 Å². The second-order valence-electron chi connectivity index (χ2n) is 2.09. The Balaban J connectivity index is 0.00000121. The van der Waals surface area contributed by atoms with Crippen molar-refractivity contribution in [3.05, 3.63) is 23.2 Å². The standard InChI is InChI=1S/C8H10ClNO.ClH/c1-10-7-5-6(9)3-4-8(7)11-2;/h3-5,10H,1-2H3;1H. The van der Waals surface area contributed by atoms with Gasteiger partial charge in [0.05, 0.1) is 12.8 Å². The summed E-state index contributed by atoms with van der Waals surface area (Å²) in [5.41, 5.74) is 0.903. The van der Waals surface area contributed by atoms with Crippen molar-refractivity contribution in [2.45, 2.75) is 0 Å². The zero-order chi connectivity index (χ0) is 8.27. The highest BCUT2D eigenvalue weighted by molar-refractivity contribution is 6.30. The summed E-state index contributed by atoms with van der Waals surface area (Å²) in [6.07, 6.45) is 0. The summed E-state index contributed by atoms with van der Waals surface area (Å²) in [6.45, 7) is 0. The molecular formula is C8H11Cl2NO. The van der Waals surface area contributed by atoms with E-state index < -0.39 is 0 Å². The first-order valence-electron chi connectivity index (χ1n) is 3.29. The van der Waals surface area contributed by atoms with Gasteiger partial charge in [0.15, 0.2) is 0 Å². The van der Waals surface area contributed by atoms with Crippen molar-refractivity contribution in [1.82, 2.24) is 0 Å². The third kappa shape index (κ3) is 2.47. The second kappa shape index (κ2) is 5.12. The zero-order valence-corrected chi connectivity index (χ0v) is 8.50. The smallest absolute Gasteiger partial charge is 0.142 e. The number of anilines is 1. The van der Waals surface area contributed by atoms with Crippen LogP contribution < -0.4 is 10.1 Å². The molecule has 0 unspecified atom stereocenters. The number of rotatable bonds is 2. The van der Waals surface area contributed by atoms with Crippen molar-refractivity contribution in [3.8, 4) is 5.75 Å². The minimum Gasteiger partial charge on any atom is -0.495 e. The number of benzene rings is 1. The lowest BCUT2D eigenvalue weighted by molar-refractivity contribution is 0.416. The van der Waals surface area contributed by atoms with Crippen LogP contribution in [-0.2, 0) is 0 Å². The van der Waals surface area contributed by atoms with Gasteiger partial charge in [-0.15, -0.1) is 12.4 Å². The van der Waals surface area contributed by atoms with Crippen LogP contribution in [0.1, 0.15) is 0 Å². The molecule has 0 amide bonds. The summed E-state index contributed by atoms with van der Waals surface area (Å²) in [5, 5.41) is 3.68. The lowest BCUT2D eigenvalue weighted by atomic mass is 10.3. The van der Waals surface area contributed by atoms with Crippen molar-refractivity contribution in [3.63, 3.8) is 0 Å². The number of hydrogen-bond acceptors (Lipinski definition) is 2. The van der Waals surface area contributed by atoms with Gasteiger partial charge in [-0.2, -0.15) is 0 Å². The molecule has 12 heavy (non-hydrogen) atoms. The Labute approximate surface area is 83.3 Å². The average Bonchev–Trinajstić information content (AvgIpc) is 2.04. The van der Waals surface area contributed by atoms with Gasteiger partial charge in [0, 0.05) is 12.1 Å². The van der Waals surface area contributed by atoms with Crippen LogP contribution in [0.2, 0.25) is 5.02 Å². The molecule has 0 radical (unpaired) electrons. The second-order valence-corrected chi connectivity index (χ2v) is 2.53. The lowest BCUT2D eigenvalue weighted by Crippen LogP contribution is -1.92. The monoisotopic (exact) mass is 207 g/mol. The molecule has 0 bridgehead atoms. The first kappa shape index (κ1) is 11.4. The average molecular weight is 208 g/mol. The Morgan fingerprint density at radius 2 is 2.08 bits per heavy atom. The maximum absolute atomic E-state index is 5.76. The van der Waals surface area contributed by atoms with E-state index in [1.165, 1.54) is 0 Å². The number of nitrogens with one attached hydrogen (secondary N) is 1. The Hall–Kier alpha value is -0.600. The highest BCUT2D eigenvalue weighted by Crippen LogP contribution is 2.26. The van der Waals surface area contributed by atoms with Crippen LogP contribution >= 0.6 is 24.0 Å². The first-order valence-corrected chi connectivity index (χ1v) is 3.67. The summed E-state index contributed by atoms with van der Waals surface area (Å²) in [4.78, 5) is 0. The van der Waals surface area contributed by atoms with Gasteiger partial charge in [-0.1, -0.05) is 11.6 Å². The first-order chi connectivity index (χ1) is 5.27. The van der Waals surface area contributed by atoms with Gasteiger partial charge >= 0.3 is 0 Å². The molecule has 0 saturated carbocycles. The maximum Gasteiger partial charge on any atom is 0.142 e. The highest BCUT2D eigenvalue weighted by Gasteiger charge is 1.99. The Bertz CT molecular complexity index is 253. The van der Waals surface area contributed by atoms with Crippen LogP contribution in [0.15, 0.2) is 18.2 Å². The van der Waals surface area contributed by atoms with E-state index in [1.807, 2.05) is 19.2 Å². The summed E-state index contributed by atoms with van der Waals surface area (Å²) in [5.74, 6) is 0.803. The summed E-state index contributed by atoms with van der Waals surface area (Å²) >= 11 is 5.76. The van der Waals surface area contributed by atoms with Crippen molar-refractivity contribution < 1.29 is 4.74 Å². The van der Waals surface area contributed by atoms with E-state index in [9.17, 15) is 0 Å². The number of hydrogen-bond donors (Lipinski definition) is 1. The van der Waals surface area contributed by atoms with E-state index in [-0.39, 0.29) is 12.4 Å². The Kier molecular flexibility index (Phi) is 4.86. The van der Waals surface area contributed by atoms with Crippen molar-refractivity contribution in [2.24, 2.45) is 0 Å². The molecule has 1 N–H and O–H groups in total. The molecule has 1 aromatic rings. The molecule has 0 aliphatic carbocycles. The fourth-order valence-electron chi connectivity index (χ4n) is 0.876. The molecule has 1 rings (SSSR count). The summed E-state index contributed by atoms with van der Waals surface area (Å²) in [7, 11) is 3.46. The molecule has 68 valence electrons. The summed E-state index contributed by atoms with van der Waals surface area (Å²) in [6, 6.07) is 5.44. The molecule has 0 heterocycles. The van der Waals surface area contributed by atoms with Gasteiger partial charge in [-0.3, -0.25) is 0 Å². The van der Waals surface area contributed by atoms with Crippen LogP contribution in [-0.4, -0.2) is 14.2 Å². The SMILES string of the molecule is CNc1cc(Cl)ccc1OC.Cl. The fraction of sp³-hybridized carbons (Fsp3) is 0.250. The number of halogens is 2. The lowest BCUT2D eigenvalue weighted by Gasteiger charge is -2.06. The van der Waals surface area contributed by atoms with Gasteiger partial charge in [0.2, 0.25) is 0 Å². The van der Waals surface area contributed by atoms with E-state index in [2.05, 4.69) is 5.32 Å². The van der Waals surface area contributed by atoms with Crippen molar-refractivity contribution in [1.29, 1.82) is 0 Å². The molecule has 0 aliphatic heterocycles. The van der Waals surface area contributed by atoms with Gasteiger partial charge in [0.25, 0.3) is 0 Å². The molecule has 4 heteroatoms. The molecule has 0 atom stereocenters. The van der Waals surface area contributed by atoms with E-state index in [1.54, 1.807) is 13.2 Å². The van der Waals surface area contributed by atoms with Gasteiger partial charge in [-0.05, 0) is 18.2 Å². The minimum absolute atomic E-state index is 0. The normalized spacial score (nSPS) is 8.58. The van der Waals surface area contributed by atoms with Gasteiger partial charge in [0.1, 0.15) is 5.75 Å². The maximum atomic E-state index is 5.76. The topological polar surface area (TPSA) is 21.3 Å². The highest BCUT2D eigenvalue weighted by atomic mass is 35.5. The molecule has 0 fully saturated rings. The Morgan fingerprint density at radius 3 is 2.58 bits per heavy atom. The largest absolute Gasteiger partial charge is 0.495 e. The van der Waals surface area contributed by atoms with E-state index in [0.29, 0.717) is 5.02 Å². The van der Waals surface area contributed by atoms with E-state index >= 15 is 0 Å². The van der Waals surface area contributed by atoms with Gasteiger partial charge in [-0.25, -0.2) is 0 Å².